The molecule has 2 aliphatic heterocycles. The summed E-state index contributed by atoms with van der Waals surface area (Å²) in [6.45, 7) is 10.9. The number of hydrogen-bond donors (Lipinski definition) is 0. The molecule has 0 radical (unpaired) electrons. The molecule has 0 bridgehead atoms. The van der Waals surface area contributed by atoms with Gasteiger partial charge in [-0.05, 0) is 38.7 Å². The van der Waals surface area contributed by atoms with Gasteiger partial charge in [0.1, 0.15) is 6.04 Å². The highest BCUT2D eigenvalue weighted by Gasteiger charge is 2.51. The van der Waals surface area contributed by atoms with Crippen LogP contribution < -0.4 is 5.46 Å². The molecule has 1 atom stereocenters. The molecule has 1 aromatic carbocycles. The van der Waals surface area contributed by atoms with Crippen molar-refractivity contribution in [2.24, 2.45) is 0 Å². The highest BCUT2D eigenvalue weighted by atomic mass is 16.7. The number of benzene rings is 1. The molecule has 0 spiro atoms. The molecule has 0 N–H and O–H groups in total. The predicted octanol–water partition coefficient (Wildman–Crippen LogP) is 1.71. The van der Waals surface area contributed by atoms with Gasteiger partial charge in [0, 0.05) is 13.1 Å². The van der Waals surface area contributed by atoms with E-state index in [1.165, 1.54) is 5.56 Å². The molecule has 6 heteroatoms. The Hall–Kier alpha value is -1.39. The van der Waals surface area contributed by atoms with Gasteiger partial charge in [-0.3, -0.25) is 4.90 Å². The number of ether oxygens (including phenoxy) is 1. The van der Waals surface area contributed by atoms with Crippen LogP contribution in [0.1, 0.15) is 33.3 Å². The largest absolute Gasteiger partial charge is 0.494 e. The van der Waals surface area contributed by atoms with E-state index in [1.807, 2.05) is 0 Å². The summed E-state index contributed by atoms with van der Waals surface area (Å²) < 4.78 is 17.5. The first-order chi connectivity index (χ1) is 11.3. The van der Waals surface area contributed by atoms with Crippen LogP contribution in [0.4, 0.5) is 0 Å². The third kappa shape index (κ3) is 3.36. The summed E-state index contributed by atoms with van der Waals surface area (Å²) in [5.74, 6) is 0. The molecule has 2 heterocycles. The van der Waals surface area contributed by atoms with Gasteiger partial charge in [0.15, 0.2) is 0 Å². The van der Waals surface area contributed by atoms with Crippen LogP contribution >= 0.6 is 0 Å². The van der Waals surface area contributed by atoms with Gasteiger partial charge in [-0.25, -0.2) is 0 Å². The molecule has 128 valence electrons. The van der Waals surface area contributed by atoms with Gasteiger partial charge in [-0.2, -0.15) is 5.26 Å². The highest BCUT2D eigenvalue weighted by molar-refractivity contribution is 6.62. The fourth-order valence-electron chi connectivity index (χ4n) is 2.94. The lowest BCUT2D eigenvalue weighted by atomic mass is 9.79. The highest BCUT2D eigenvalue weighted by Crippen LogP contribution is 2.36. The Morgan fingerprint density at radius 2 is 1.79 bits per heavy atom. The normalized spacial score (nSPS) is 26.3. The third-order valence-electron chi connectivity index (χ3n) is 5.28. The van der Waals surface area contributed by atoms with Gasteiger partial charge in [0.2, 0.25) is 0 Å². The summed E-state index contributed by atoms with van der Waals surface area (Å²) in [5.41, 5.74) is 1.54. The predicted molar refractivity (Wildman–Crippen MR) is 92.8 cm³/mol. The Bertz CT molecular complexity index is 608. The van der Waals surface area contributed by atoms with E-state index >= 15 is 0 Å². The summed E-state index contributed by atoms with van der Waals surface area (Å²) in [6, 6.07) is 10.4. The van der Waals surface area contributed by atoms with Crippen LogP contribution in [-0.2, 0) is 20.6 Å². The molecular formula is C18H25BN2O3. The fraction of sp³-hybridized carbons (Fsp3) is 0.611. The van der Waals surface area contributed by atoms with Gasteiger partial charge in [-0.15, -0.1) is 0 Å². The van der Waals surface area contributed by atoms with Crippen molar-refractivity contribution in [1.82, 2.24) is 4.90 Å². The Morgan fingerprint density at radius 1 is 1.17 bits per heavy atom. The van der Waals surface area contributed by atoms with Crippen molar-refractivity contribution in [2.75, 3.05) is 19.8 Å². The number of nitriles is 1. The molecule has 1 aromatic rings. The van der Waals surface area contributed by atoms with E-state index in [9.17, 15) is 5.26 Å². The smallest absolute Gasteiger partial charge is 0.399 e. The van der Waals surface area contributed by atoms with Crippen LogP contribution in [0.15, 0.2) is 24.3 Å². The average Bonchev–Trinajstić information content (AvgIpc) is 2.77. The Balaban J connectivity index is 1.67. The van der Waals surface area contributed by atoms with Crippen LogP contribution in [0.5, 0.6) is 0 Å². The second-order valence-corrected chi connectivity index (χ2v) is 7.52. The minimum absolute atomic E-state index is 0.165. The van der Waals surface area contributed by atoms with Gasteiger partial charge < -0.3 is 14.0 Å². The first-order valence-electron chi connectivity index (χ1n) is 8.48. The molecule has 1 unspecified atom stereocenters. The maximum atomic E-state index is 9.22. The van der Waals surface area contributed by atoms with Crippen LogP contribution in [-0.4, -0.2) is 49.0 Å². The Labute approximate surface area is 144 Å². The van der Waals surface area contributed by atoms with Crippen LogP contribution in [0.3, 0.4) is 0 Å². The monoisotopic (exact) mass is 328 g/mol. The summed E-state index contributed by atoms with van der Waals surface area (Å²) in [4.78, 5) is 2.16. The van der Waals surface area contributed by atoms with Gasteiger partial charge in [0.25, 0.3) is 0 Å². The van der Waals surface area contributed by atoms with Crippen molar-refractivity contribution < 1.29 is 14.0 Å². The molecule has 3 rings (SSSR count). The standard InChI is InChI=1S/C18H25BN2O3/c1-17(2)18(3,4)24-19(23-17)15-7-5-14(6-8-15)12-21-9-10-22-13-16(21)11-20/h5-8,16H,9-10,12-13H2,1-4H3. The van der Waals surface area contributed by atoms with E-state index in [0.717, 1.165) is 18.6 Å². The lowest BCUT2D eigenvalue weighted by molar-refractivity contribution is 0.00578. The molecule has 0 amide bonds. The lowest BCUT2D eigenvalue weighted by Gasteiger charge is -2.32. The third-order valence-corrected chi connectivity index (χ3v) is 5.28. The van der Waals surface area contributed by atoms with Gasteiger partial charge >= 0.3 is 7.12 Å². The summed E-state index contributed by atoms with van der Waals surface area (Å²) >= 11 is 0. The van der Waals surface area contributed by atoms with E-state index in [-0.39, 0.29) is 24.4 Å². The second kappa shape index (κ2) is 6.49. The van der Waals surface area contributed by atoms with Crippen molar-refractivity contribution in [3.8, 4) is 6.07 Å². The Morgan fingerprint density at radius 3 is 2.38 bits per heavy atom. The average molecular weight is 328 g/mol. The minimum Gasteiger partial charge on any atom is -0.399 e. The van der Waals surface area contributed by atoms with Crippen LogP contribution in [0, 0.1) is 11.3 Å². The maximum absolute atomic E-state index is 9.22. The molecule has 24 heavy (non-hydrogen) atoms. The maximum Gasteiger partial charge on any atom is 0.494 e. The topological polar surface area (TPSA) is 54.7 Å². The number of hydrogen-bond acceptors (Lipinski definition) is 5. The molecule has 0 saturated carbocycles. The number of nitrogens with zero attached hydrogens (tertiary/aromatic N) is 2. The molecule has 0 aliphatic carbocycles. The molecule has 2 aliphatic rings. The van der Waals surface area contributed by atoms with Crippen LogP contribution in [0.2, 0.25) is 0 Å². The van der Waals surface area contributed by atoms with E-state index in [2.05, 4.69) is 62.9 Å². The zero-order chi connectivity index (χ0) is 17.4. The van der Waals surface area contributed by atoms with Crippen molar-refractivity contribution in [3.63, 3.8) is 0 Å². The minimum atomic E-state index is -0.334. The summed E-state index contributed by atoms with van der Waals surface area (Å²) in [5, 5.41) is 9.22. The van der Waals surface area contributed by atoms with Gasteiger partial charge in [0.05, 0.1) is 30.5 Å². The van der Waals surface area contributed by atoms with E-state index in [0.29, 0.717) is 13.2 Å². The van der Waals surface area contributed by atoms with Crippen LogP contribution in [0.25, 0.3) is 0 Å². The SMILES string of the molecule is CC1(C)OB(c2ccc(CN3CCOCC3C#N)cc2)OC1(C)C. The fourth-order valence-corrected chi connectivity index (χ4v) is 2.94. The summed E-state index contributed by atoms with van der Waals surface area (Å²) in [6.07, 6.45) is 0. The Kier molecular flexibility index (Phi) is 4.72. The quantitative estimate of drug-likeness (QED) is 0.791. The molecular weight excluding hydrogens is 303 g/mol. The second-order valence-electron chi connectivity index (χ2n) is 7.52. The van der Waals surface area contributed by atoms with E-state index in [1.54, 1.807) is 0 Å². The lowest BCUT2D eigenvalue weighted by Crippen LogP contribution is -2.44. The van der Waals surface area contributed by atoms with E-state index < -0.39 is 0 Å². The zero-order valence-electron chi connectivity index (χ0n) is 14.9. The van der Waals surface area contributed by atoms with Gasteiger partial charge in [-0.1, -0.05) is 24.3 Å². The van der Waals surface area contributed by atoms with Crippen molar-refractivity contribution >= 4 is 12.6 Å². The first kappa shape index (κ1) is 17.4. The summed E-state index contributed by atoms with van der Waals surface area (Å²) in [7, 11) is -0.334. The van der Waals surface area contributed by atoms with Crippen molar-refractivity contribution in [1.29, 1.82) is 5.26 Å². The number of morpholine rings is 1. The zero-order valence-corrected chi connectivity index (χ0v) is 14.9. The first-order valence-corrected chi connectivity index (χ1v) is 8.48. The number of rotatable bonds is 3. The molecule has 2 saturated heterocycles. The molecule has 5 nitrogen and oxygen atoms in total. The van der Waals surface area contributed by atoms with Crippen molar-refractivity contribution in [2.45, 2.75) is 51.5 Å². The molecule has 2 fully saturated rings. The van der Waals surface area contributed by atoms with Crippen molar-refractivity contribution in [3.05, 3.63) is 29.8 Å². The van der Waals surface area contributed by atoms with E-state index in [4.69, 9.17) is 14.0 Å². The molecule has 0 aromatic heterocycles.